The standard InChI is InChI=1S/C15H24N2OS/c1-11(2)16-9-13-5-4-7-17(10-13)15(18)14-12(3)6-8-19-14/h6,8,11,13,16H,4-5,7,9-10H2,1-3H3. The molecule has 2 heterocycles. The average molecular weight is 280 g/mol. The molecular weight excluding hydrogens is 256 g/mol. The summed E-state index contributed by atoms with van der Waals surface area (Å²) in [5.41, 5.74) is 1.11. The highest BCUT2D eigenvalue weighted by atomic mass is 32.1. The number of nitrogens with one attached hydrogen (secondary N) is 1. The fraction of sp³-hybridized carbons (Fsp3) is 0.667. The summed E-state index contributed by atoms with van der Waals surface area (Å²) >= 11 is 1.56. The second-order valence-electron chi connectivity index (χ2n) is 5.76. The smallest absolute Gasteiger partial charge is 0.264 e. The highest BCUT2D eigenvalue weighted by Gasteiger charge is 2.25. The molecule has 1 unspecified atom stereocenters. The number of aryl methyl sites for hydroxylation is 1. The van der Waals surface area contributed by atoms with Crippen molar-refractivity contribution in [3.63, 3.8) is 0 Å². The van der Waals surface area contributed by atoms with Crippen LogP contribution in [0.5, 0.6) is 0 Å². The molecule has 1 fully saturated rings. The van der Waals surface area contributed by atoms with Gasteiger partial charge in [-0.2, -0.15) is 0 Å². The van der Waals surface area contributed by atoms with Gasteiger partial charge in [0.25, 0.3) is 5.91 Å². The number of nitrogens with zero attached hydrogens (tertiary/aromatic N) is 1. The molecule has 106 valence electrons. The molecule has 1 N–H and O–H groups in total. The molecule has 19 heavy (non-hydrogen) atoms. The second kappa shape index (κ2) is 6.53. The molecule has 1 aromatic heterocycles. The van der Waals surface area contributed by atoms with E-state index in [-0.39, 0.29) is 5.91 Å². The van der Waals surface area contributed by atoms with E-state index >= 15 is 0 Å². The zero-order valence-corrected chi connectivity index (χ0v) is 12.9. The zero-order chi connectivity index (χ0) is 13.8. The van der Waals surface area contributed by atoms with Crippen LogP contribution in [0.15, 0.2) is 11.4 Å². The van der Waals surface area contributed by atoms with Gasteiger partial charge < -0.3 is 10.2 Å². The van der Waals surface area contributed by atoms with Gasteiger partial charge in [-0.05, 0) is 49.2 Å². The van der Waals surface area contributed by atoms with Crippen LogP contribution in [-0.4, -0.2) is 36.5 Å². The van der Waals surface area contributed by atoms with Crippen molar-refractivity contribution in [1.82, 2.24) is 10.2 Å². The summed E-state index contributed by atoms with van der Waals surface area (Å²) in [5.74, 6) is 0.821. The van der Waals surface area contributed by atoms with Gasteiger partial charge in [-0.3, -0.25) is 4.79 Å². The molecular formula is C15H24N2OS. The molecule has 1 amide bonds. The number of hydrogen-bond donors (Lipinski definition) is 1. The summed E-state index contributed by atoms with van der Waals surface area (Å²) in [6.07, 6.45) is 2.35. The van der Waals surface area contributed by atoms with Crippen molar-refractivity contribution in [3.8, 4) is 0 Å². The highest BCUT2D eigenvalue weighted by molar-refractivity contribution is 7.12. The Kier molecular flexibility index (Phi) is 4.99. The first-order valence-corrected chi connectivity index (χ1v) is 8.02. The van der Waals surface area contributed by atoms with E-state index in [2.05, 4.69) is 19.2 Å². The van der Waals surface area contributed by atoms with E-state index in [1.54, 1.807) is 11.3 Å². The lowest BCUT2D eigenvalue weighted by Gasteiger charge is -2.33. The van der Waals surface area contributed by atoms with Gasteiger partial charge >= 0.3 is 0 Å². The van der Waals surface area contributed by atoms with Crippen molar-refractivity contribution in [3.05, 3.63) is 21.9 Å². The van der Waals surface area contributed by atoms with Crippen LogP contribution in [0.25, 0.3) is 0 Å². The van der Waals surface area contributed by atoms with Crippen LogP contribution in [0.2, 0.25) is 0 Å². The number of likely N-dealkylation sites (tertiary alicyclic amines) is 1. The van der Waals surface area contributed by atoms with Crippen molar-refractivity contribution in [2.24, 2.45) is 5.92 Å². The lowest BCUT2D eigenvalue weighted by atomic mass is 9.97. The van der Waals surface area contributed by atoms with Crippen molar-refractivity contribution in [2.45, 2.75) is 39.7 Å². The summed E-state index contributed by atoms with van der Waals surface area (Å²) in [5, 5.41) is 5.49. The van der Waals surface area contributed by atoms with Crippen LogP contribution in [0.3, 0.4) is 0 Å². The Bertz CT molecular complexity index is 428. The molecule has 0 radical (unpaired) electrons. The summed E-state index contributed by atoms with van der Waals surface area (Å²) in [6, 6.07) is 2.55. The second-order valence-corrected chi connectivity index (χ2v) is 6.67. The fourth-order valence-electron chi connectivity index (χ4n) is 2.55. The molecule has 4 heteroatoms. The zero-order valence-electron chi connectivity index (χ0n) is 12.1. The van der Waals surface area contributed by atoms with Gasteiger partial charge in [0.1, 0.15) is 0 Å². The van der Waals surface area contributed by atoms with E-state index in [9.17, 15) is 4.79 Å². The Labute approximate surface area is 120 Å². The Morgan fingerprint density at radius 1 is 1.58 bits per heavy atom. The number of carbonyl (C=O) groups excluding carboxylic acids is 1. The van der Waals surface area contributed by atoms with Crippen LogP contribution in [-0.2, 0) is 0 Å². The molecule has 1 aliphatic heterocycles. The van der Waals surface area contributed by atoms with E-state index in [1.807, 2.05) is 23.3 Å². The number of carbonyl (C=O) groups is 1. The van der Waals surface area contributed by atoms with E-state index < -0.39 is 0 Å². The molecule has 0 aromatic carbocycles. The molecule has 1 aliphatic rings. The van der Waals surface area contributed by atoms with Gasteiger partial charge in [0.2, 0.25) is 0 Å². The molecule has 2 rings (SSSR count). The largest absolute Gasteiger partial charge is 0.338 e. The minimum absolute atomic E-state index is 0.224. The predicted molar refractivity (Wildman–Crippen MR) is 80.8 cm³/mol. The van der Waals surface area contributed by atoms with Crippen molar-refractivity contribution in [2.75, 3.05) is 19.6 Å². The monoisotopic (exact) mass is 280 g/mol. The third kappa shape index (κ3) is 3.80. The van der Waals surface area contributed by atoms with Gasteiger partial charge in [-0.25, -0.2) is 0 Å². The lowest BCUT2D eigenvalue weighted by Crippen LogP contribution is -2.43. The third-order valence-corrected chi connectivity index (χ3v) is 4.68. The summed E-state index contributed by atoms with van der Waals surface area (Å²) in [6.45, 7) is 9.18. The minimum Gasteiger partial charge on any atom is -0.338 e. The Morgan fingerprint density at radius 3 is 3.00 bits per heavy atom. The molecule has 0 saturated carbocycles. The minimum atomic E-state index is 0.224. The molecule has 0 bridgehead atoms. The molecule has 3 nitrogen and oxygen atoms in total. The topological polar surface area (TPSA) is 32.3 Å². The maximum Gasteiger partial charge on any atom is 0.264 e. The third-order valence-electron chi connectivity index (χ3n) is 3.68. The average Bonchev–Trinajstić information content (AvgIpc) is 2.82. The van der Waals surface area contributed by atoms with Crippen molar-refractivity contribution < 1.29 is 4.79 Å². The molecule has 1 aromatic rings. The van der Waals surface area contributed by atoms with Crippen molar-refractivity contribution >= 4 is 17.2 Å². The van der Waals surface area contributed by atoms with E-state index in [1.165, 1.54) is 6.42 Å². The maximum atomic E-state index is 12.5. The van der Waals surface area contributed by atoms with Gasteiger partial charge in [0, 0.05) is 19.1 Å². The number of rotatable bonds is 4. The van der Waals surface area contributed by atoms with Crippen LogP contribution in [0.4, 0.5) is 0 Å². The highest BCUT2D eigenvalue weighted by Crippen LogP contribution is 2.22. The molecule has 0 aliphatic carbocycles. The van der Waals surface area contributed by atoms with Crippen LogP contribution < -0.4 is 5.32 Å². The molecule has 1 saturated heterocycles. The maximum absolute atomic E-state index is 12.5. The quantitative estimate of drug-likeness (QED) is 0.920. The first-order valence-electron chi connectivity index (χ1n) is 7.14. The van der Waals surface area contributed by atoms with Gasteiger partial charge in [-0.1, -0.05) is 13.8 Å². The fourth-order valence-corrected chi connectivity index (χ4v) is 3.45. The number of piperidine rings is 1. The summed E-state index contributed by atoms with van der Waals surface area (Å²) < 4.78 is 0. The SMILES string of the molecule is Cc1ccsc1C(=O)N1CCCC(CNC(C)C)C1. The number of thiophene rings is 1. The Hall–Kier alpha value is -0.870. The molecule has 1 atom stereocenters. The Morgan fingerprint density at radius 2 is 2.37 bits per heavy atom. The first-order chi connectivity index (χ1) is 9.08. The summed E-state index contributed by atoms with van der Waals surface area (Å²) in [4.78, 5) is 15.4. The van der Waals surface area contributed by atoms with E-state index in [0.717, 1.165) is 36.5 Å². The molecule has 0 spiro atoms. The van der Waals surface area contributed by atoms with E-state index in [4.69, 9.17) is 0 Å². The van der Waals surface area contributed by atoms with E-state index in [0.29, 0.717) is 12.0 Å². The summed E-state index contributed by atoms with van der Waals surface area (Å²) in [7, 11) is 0. The Balaban J connectivity index is 1.94. The van der Waals surface area contributed by atoms with Crippen molar-refractivity contribution in [1.29, 1.82) is 0 Å². The van der Waals surface area contributed by atoms with Gasteiger partial charge in [-0.15, -0.1) is 11.3 Å². The van der Waals surface area contributed by atoms with Gasteiger partial charge in [0.15, 0.2) is 0 Å². The first kappa shape index (κ1) is 14.5. The number of hydrogen-bond acceptors (Lipinski definition) is 3. The van der Waals surface area contributed by atoms with Crippen LogP contribution in [0.1, 0.15) is 41.9 Å². The van der Waals surface area contributed by atoms with Crippen LogP contribution >= 0.6 is 11.3 Å². The number of amides is 1. The lowest BCUT2D eigenvalue weighted by molar-refractivity contribution is 0.0676. The predicted octanol–water partition coefficient (Wildman–Crippen LogP) is 2.91. The van der Waals surface area contributed by atoms with Crippen LogP contribution in [0, 0.1) is 12.8 Å². The van der Waals surface area contributed by atoms with Gasteiger partial charge in [0.05, 0.1) is 4.88 Å². The normalized spacial score (nSPS) is 20.0.